The first kappa shape index (κ1) is 16.1. The van der Waals surface area contributed by atoms with E-state index in [2.05, 4.69) is 4.98 Å². The molecule has 2 amide bonds. The van der Waals surface area contributed by atoms with Gasteiger partial charge in [0.1, 0.15) is 10.4 Å². The Morgan fingerprint density at radius 2 is 2.27 bits per heavy atom. The third-order valence-corrected chi connectivity index (χ3v) is 4.13. The number of carbonyl (C=O) groups excluding carboxylic acids is 2. The number of carboxylic acids is 1. The molecule has 3 N–H and O–H groups in total. The molecule has 0 bridgehead atoms. The number of nitrogens with two attached hydrogens (primary N) is 1. The Bertz CT molecular complexity index is 675. The van der Waals surface area contributed by atoms with Crippen LogP contribution in [0.2, 0.25) is 0 Å². The van der Waals surface area contributed by atoms with Gasteiger partial charge in [-0.1, -0.05) is 30.0 Å². The Hall–Kier alpha value is -2.26. The summed E-state index contributed by atoms with van der Waals surface area (Å²) in [6.45, 7) is 0. The molecule has 0 aromatic carbocycles. The van der Waals surface area contributed by atoms with Gasteiger partial charge in [0.25, 0.3) is 5.91 Å². The van der Waals surface area contributed by atoms with Crippen molar-refractivity contribution in [3.8, 4) is 0 Å². The summed E-state index contributed by atoms with van der Waals surface area (Å²) in [5.74, 6) is -2.72. The van der Waals surface area contributed by atoms with Crippen molar-refractivity contribution in [1.82, 2.24) is 9.88 Å². The van der Waals surface area contributed by atoms with Crippen LogP contribution in [0.5, 0.6) is 0 Å². The molecule has 1 aromatic heterocycles. The number of carboxylic acid groups (broad SMARTS) is 1. The molecule has 22 heavy (non-hydrogen) atoms. The summed E-state index contributed by atoms with van der Waals surface area (Å²) in [7, 11) is 0. The highest BCUT2D eigenvalue weighted by Crippen LogP contribution is 2.34. The number of pyridine rings is 1. The lowest BCUT2D eigenvalue weighted by Gasteiger charge is -2.21. The first-order chi connectivity index (χ1) is 10.4. The molecule has 1 aromatic rings. The van der Waals surface area contributed by atoms with Crippen LogP contribution >= 0.6 is 24.0 Å². The monoisotopic (exact) mass is 337 g/mol. The Morgan fingerprint density at radius 1 is 1.55 bits per heavy atom. The lowest BCUT2D eigenvalue weighted by atomic mass is 10.1. The maximum atomic E-state index is 12.4. The van der Waals surface area contributed by atoms with Crippen molar-refractivity contribution in [2.45, 2.75) is 12.5 Å². The number of aliphatic carboxylic acids is 1. The third-order valence-electron chi connectivity index (χ3n) is 2.80. The lowest BCUT2D eigenvalue weighted by molar-refractivity contribution is -0.146. The zero-order valence-electron chi connectivity index (χ0n) is 11.1. The van der Waals surface area contributed by atoms with Crippen LogP contribution in [0.25, 0.3) is 6.08 Å². The van der Waals surface area contributed by atoms with Gasteiger partial charge in [0.15, 0.2) is 0 Å². The molecule has 0 saturated carbocycles. The SMILES string of the molecule is NC(=O)CC(C(=O)O)N1C(=O)/C(=C/c2cccnc2)SC1=S. The molecular formula is C13H11N3O4S2. The van der Waals surface area contributed by atoms with E-state index in [-0.39, 0.29) is 9.23 Å². The maximum Gasteiger partial charge on any atom is 0.327 e. The van der Waals surface area contributed by atoms with Crippen LogP contribution < -0.4 is 5.73 Å². The van der Waals surface area contributed by atoms with Gasteiger partial charge in [-0.3, -0.25) is 19.5 Å². The molecule has 114 valence electrons. The van der Waals surface area contributed by atoms with E-state index < -0.39 is 30.2 Å². The van der Waals surface area contributed by atoms with Gasteiger partial charge in [-0.05, 0) is 17.7 Å². The highest BCUT2D eigenvalue weighted by atomic mass is 32.2. The molecule has 0 spiro atoms. The number of primary amides is 1. The van der Waals surface area contributed by atoms with Crippen LogP contribution in [0, 0.1) is 0 Å². The fraction of sp³-hybridized carbons (Fsp3) is 0.154. The molecular weight excluding hydrogens is 326 g/mol. The number of thiocarbonyl (C=S) groups is 1. The molecule has 1 fully saturated rings. The maximum absolute atomic E-state index is 12.4. The number of aromatic nitrogens is 1. The normalized spacial score (nSPS) is 17.8. The lowest BCUT2D eigenvalue weighted by Crippen LogP contribution is -2.46. The zero-order valence-corrected chi connectivity index (χ0v) is 12.8. The van der Waals surface area contributed by atoms with Crippen LogP contribution in [-0.4, -0.2) is 43.1 Å². The van der Waals surface area contributed by atoms with Crippen molar-refractivity contribution in [3.05, 3.63) is 35.0 Å². The van der Waals surface area contributed by atoms with Crippen molar-refractivity contribution in [1.29, 1.82) is 0 Å². The number of hydrogen-bond acceptors (Lipinski definition) is 6. The van der Waals surface area contributed by atoms with E-state index in [0.29, 0.717) is 5.56 Å². The van der Waals surface area contributed by atoms with Gasteiger partial charge in [-0.2, -0.15) is 0 Å². The average Bonchev–Trinajstić information content (AvgIpc) is 2.72. The summed E-state index contributed by atoms with van der Waals surface area (Å²) in [5.41, 5.74) is 5.72. The van der Waals surface area contributed by atoms with Gasteiger partial charge in [0.2, 0.25) is 5.91 Å². The number of amides is 2. The van der Waals surface area contributed by atoms with E-state index >= 15 is 0 Å². The Kier molecular flexibility index (Phi) is 4.88. The first-order valence-corrected chi connectivity index (χ1v) is 7.31. The van der Waals surface area contributed by atoms with E-state index in [4.69, 9.17) is 18.0 Å². The van der Waals surface area contributed by atoms with E-state index in [1.807, 2.05) is 0 Å². The van der Waals surface area contributed by atoms with Crippen molar-refractivity contribution >= 4 is 52.2 Å². The zero-order chi connectivity index (χ0) is 16.3. The van der Waals surface area contributed by atoms with Crippen molar-refractivity contribution in [2.75, 3.05) is 0 Å². The number of rotatable bonds is 5. The Morgan fingerprint density at radius 3 is 2.82 bits per heavy atom. The number of hydrogen-bond donors (Lipinski definition) is 2. The quantitative estimate of drug-likeness (QED) is 0.598. The Balaban J connectivity index is 2.30. The molecule has 1 aliphatic rings. The smallest absolute Gasteiger partial charge is 0.327 e. The molecule has 7 nitrogen and oxygen atoms in total. The van der Waals surface area contributed by atoms with Crippen LogP contribution in [0.4, 0.5) is 0 Å². The van der Waals surface area contributed by atoms with Gasteiger partial charge in [-0.25, -0.2) is 4.79 Å². The van der Waals surface area contributed by atoms with Crippen LogP contribution in [-0.2, 0) is 14.4 Å². The summed E-state index contributed by atoms with van der Waals surface area (Å²) in [4.78, 5) is 39.8. The summed E-state index contributed by atoms with van der Waals surface area (Å²) in [6.07, 6.45) is 4.22. The van der Waals surface area contributed by atoms with Crippen molar-refractivity contribution in [3.63, 3.8) is 0 Å². The van der Waals surface area contributed by atoms with Crippen molar-refractivity contribution < 1.29 is 19.5 Å². The minimum atomic E-state index is -1.40. The molecule has 0 aliphatic carbocycles. The molecule has 1 saturated heterocycles. The molecule has 2 heterocycles. The number of nitrogens with zero attached hydrogens (tertiary/aromatic N) is 2. The first-order valence-electron chi connectivity index (χ1n) is 6.08. The fourth-order valence-corrected chi connectivity index (χ4v) is 3.20. The van der Waals surface area contributed by atoms with Gasteiger partial charge in [0, 0.05) is 12.4 Å². The van der Waals surface area contributed by atoms with Gasteiger partial charge < -0.3 is 10.8 Å². The standard InChI is InChI=1S/C13H11N3O4S2/c14-10(17)5-8(12(19)20)16-11(18)9(22-13(16)21)4-7-2-1-3-15-6-7/h1-4,6,8H,5H2,(H2,14,17)(H,19,20)/b9-4-. The minimum Gasteiger partial charge on any atom is -0.480 e. The summed E-state index contributed by atoms with van der Waals surface area (Å²) in [6, 6.07) is 2.06. The molecule has 2 rings (SSSR count). The summed E-state index contributed by atoms with van der Waals surface area (Å²) < 4.78 is 0.0776. The molecule has 1 aliphatic heterocycles. The van der Waals surface area contributed by atoms with Crippen LogP contribution in [0.1, 0.15) is 12.0 Å². The molecule has 1 unspecified atom stereocenters. The molecule has 1 atom stereocenters. The van der Waals surface area contributed by atoms with E-state index in [1.54, 1.807) is 30.6 Å². The second-order valence-electron chi connectivity index (χ2n) is 4.36. The number of carbonyl (C=O) groups is 3. The van der Waals surface area contributed by atoms with Gasteiger partial charge >= 0.3 is 5.97 Å². The molecule has 9 heteroatoms. The molecule has 0 radical (unpaired) electrons. The fourth-order valence-electron chi connectivity index (χ4n) is 1.84. The minimum absolute atomic E-state index is 0.0776. The van der Waals surface area contributed by atoms with Gasteiger partial charge in [-0.15, -0.1) is 0 Å². The van der Waals surface area contributed by atoms with E-state index in [1.165, 1.54) is 0 Å². The largest absolute Gasteiger partial charge is 0.480 e. The van der Waals surface area contributed by atoms with Crippen molar-refractivity contribution in [2.24, 2.45) is 5.73 Å². The summed E-state index contributed by atoms with van der Waals surface area (Å²) >= 11 is 6.03. The highest BCUT2D eigenvalue weighted by Gasteiger charge is 2.41. The number of thioether (sulfide) groups is 1. The van der Waals surface area contributed by atoms with Crippen LogP contribution in [0.15, 0.2) is 29.4 Å². The second-order valence-corrected chi connectivity index (χ2v) is 6.04. The van der Waals surface area contributed by atoms with E-state index in [0.717, 1.165) is 16.7 Å². The highest BCUT2D eigenvalue weighted by molar-refractivity contribution is 8.26. The summed E-state index contributed by atoms with van der Waals surface area (Å²) in [5, 5.41) is 9.19. The predicted molar refractivity (Wildman–Crippen MR) is 84.5 cm³/mol. The third kappa shape index (κ3) is 3.49. The topological polar surface area (TPSA) is 114 Å². The Labute approximate surface area is 135 Å². The van der Waals surface area contributed by atoms with Gasteiger partial charge in [0.05, 0.1) is 11.3 Å². The predicted octanol–water partition coefficient (Wildman–Crippen LogP) is 0.611. The van der Waals surface area contributed by atoms with Crippen LogP contribution in [0.3, 0.4) is 0 Å². The average molecular weight is 337 g/mol. The second kappa shape index (κ2) is 6.67. The van der Waals surface area contributed by atoms with E-state index in [9.17, 15) is 19.5 Å².